The molecule has 0 spiro atoms. The van der Waals surface area contributed by atoms with E-state index in [1.165, 1.54) is 11.8 Å². The van der Waals surface area contributed by atoms with Crippen molar-refractivity contribution < 1.29 is 43.7 Å². The van der Waals surface area contributed by atoms with Crippen molar-refractivity contribution in [1.29, 1.82) is 0 Å². The smallest absolute Gasteiger partial charge is 0.326 e. The van der Waals surface area contributed by atoms with Crippen molar-refractivity contribution in [2.45, 2.75) is 49.9 Å². The van der Waals surface area contributed by atoms with Crippen LogP contribution in [0.1, 0.15) is 25.7 Å². The van der Waals surface area contributed by atoms with Crippen LogP contribution in [0.2, 0.25) is 0 Å². The van der Waals surface area contributed by atoms with Gasteiger partial charge in [-0.05, 0) is 19.1 Å². The molecular weight excluding hydrogens is 484 g/mol. The van der Waals surface area contributed by atoms with E-state index in [9.17, 15) is 39.0 Å². The zero-order valence-corrected chi connectivity index (χ0v) is 20.1. The van der Waals surface area contributed by atoms with Gasteiger partial charge in [-0.15, -0.1) is 0 Å². The molecule has 3 aliphatic rings. The second-order valence-corrected chi connectivity index (χ2v) is 9.81. The standard InChI is InChI=1S/C21H30N4O9S/c1-35-10-16(26)22-12-4-14(20(30)31)24(6-12)17(27)8-34-9-18(28)25-7-13(5-15(25)21(32)33)23-19(29)11-2-3-11/h11-15H,2-10H2,1H3,(H,22,26)(H,23,29)(H,30,31)(H,32,33)/t12-,13-,14-,15-/m0/s1. The minimum Gasteiger partial charge on any atom is -0.480 e. The molecule has 14 heteroatoms. The molecule has 194 valence electrons. The fourth-order valence-electron chi connectivity index (χ4n) is 4.36. The van der Waals surface area contributed by atoms with Crippen LogP contribution in [0.25, 0.3) is 0 Å². The molecule has 2 heterocycles. The van der Waals surface area contributed by atoms with Gasteiger partial charge in [-0.1, -0.05) is 0 Å². The Morgan fingerprint density at radius 2 is 1.34 bits per heavy atom. The third kappa shape index (κ3) is 7.07. The number of rotatable bonds is 11. The minimum absolute atomic E-state index is 0.00279. The number of thioether (sulfide) groups is 1. The van der Waals surface area contributed by atoms with E-state index in [2.05, 4.69) is 10.6 Å². The minimum atomic E-state index is -1.21. The number of carboxylic acid groups (broad SMARTS) is 2. The number of aliphatic carboxylic acids is 2. The van der Waals surface area contributed by atoms with E-state index >= 15 is 0 Å². The van der Waals surface area contributed by atoms with Gasteiger partial charge in [-0.25, -0.2) is 9.59 Å². The molecule has 13 nitrogen and oxygen atoms in total. The van der Waals surface area contributed by atoms with Crippen LogP contribution in [0, 0.1) is 5.92 Å². The van der Waals surface area contributed by atoms with Crippen LogP contribution in [-0.2, 0) is 33.5 Å². The molecule has 0 bridgehead atoms. The summed E-state index contributed by atoms with van der Waals surface area (Å²) in [4.78, 5) is 74.4. The Morgan fingerprint density at radius 1 is 0.857 bits per heavy atom. The van der Waals surface area contributed by atoms with Gasteiger partial charge in [0, 0.05) is 43.9 Å². The molecule has 35 heavy (non-hydrogen) atoms. The summed E-state index contributed by atoms with van der Waals surface area (Å²) in [6.07, 6.45) is 3.50. The summed E-state index contributed by atoms with van der Waals surface area (Å²) < 4.78 is 5.21. The van der Waals surface area contributed by atoms with E-state index in [4.69, 9.17) is 4.74 Å². The number of amides is 4. The fourth-order valence-corrected chi connectivity index (χ4v) is 4.70. The largest absolute Gasteiger partial charge is 0.480 e. The Morgan fingerprint density at radius 3 is 1.77 bits per heavy atom. The molecule has 2 aliphatic heterocycles. The number of carboxylic acids is 2. The second-order valence-electron chi connectivity index (χ2n) is 8.94. The average Bonchev–Trinajstić information content (AvgIpc) is 3.42. The number of nitrogens with zero attached hydrogens (tertiary/aromatic N) is 2. The quantitative estimate of drug-likeness (QED) is 0.243. The van der Waals surface area contributed by atoms with Gasteiger partial charge in [-0.3, -0.25) is 19.2 Å². The van der Waals surface area contributed by atoms with Crippen molar-refractivity contribution in [2.24, 2.45) is 5.92 Å². The third-order valence-corrected chi connectivity index (χ3v) is 6.75. The molecule has 0 radical (unpaired) electrons. The van der Waals surface area contributed by atoms with Gasteiger partial charge in [-0.2, -0.15) is 11.8 Å². The van der Waals surface area contributed by atoms with Crippen LogP contribution in [0.4, 0.5) is 0 Å². The van der Waals surface area contributed by atoms with Crippen LogP contribution in [0.15, 0.2) is 0 Å². The van der Waals surface area contributed by atoms with Crippen molar-refractivity contribution in [3.8, 4) is 0 Å². The first-order valence-electron chi connectivity index (χ1n) is 11.3. The van der Waals surface area contributed by atoms with Crippen LogP contribution in [-0.4, -0.2) is 118 Å². The van der Waals surface area contributed by atoms with E-state index in [1.54, 1.807) is 6.26 Å². The van der Waals surface area contributed by atoms with Crippen molar-refractivity contribution >= 4 is 47.3 Å². The molecule has 3 fully saturated rings. The molecule has 1 aliphatic carbocycles. The van der Waals surface area contributed by atoms with Crippen molar-refractivity contribution in [3.63, 3.8) is 0 Å². The van der Waals surface area contributed by atoms with Gasteiger partial charge < -0.3 is 35.4 Å². The van der Waals surface area contributed by atoms with E-state index in [0.29, 0.717) is 0 Å². The summed E-state index contributed by atoms with van der Waals surface area (Å²) >= 11 is 1.32. The first-order chi connectivity index (χ1) is 16.6. The van der Waals surface area contributed by atoms with Crippen LogP contribution >= 0.6 is 11.8 Å². The number of carbonyl (C=O) groups excluding carboxylic acids is 4. The number of hydrogen-bond donors (Lipinski definition) is 4. The summed E-state index contributed by atoms with van der Waals surface area (Å²) in [5.74, 6) is -3.94. The Bertz CT molecular complexity index is 881. The maximum absolute atomic E-state index is 12.6. The topological polar surface area (TPSA) is 183 Å². The van der Waals surface area contributed by atoms with Crippen LogP contribution in [0.3, 0.4) is 0 Å². The predicted octanol–water partition coefficient (Wildman–Crippen LogP) is -1.88. The highest BCUT2D eigenvalue weighted by molar-refractivity contribution is 7.99. The summed E-state index contributed by atoms with van der Waals surface area (Å²) in [6, 6.07) is -3.24. The Kier molecular flexibility index (Phi) is 8.94. The highest BCUT2D eigenvalue weighted by Crippen LogP contribution is 2.29. The van der Waals surface area contributed by atoms with Crippen molar-refractivity contribution in [2.75, 3.05) is 38.3 Å². The van der Waals surface area contributed by atoms with Gasteiger partial charge >= 0.3 is 11.9 Å². The second kappa shape index (κ2) is 11.7. The van der Waals surface area contributed by atoms with Crippen LogP contribution < -0.4 is 10.6 Å². The lowest BCUT2D eigenvalue weighted by atomic mass is 10.1. The lowest BCUT2D eigenvalue weighted by molar-refractivity contribution is -0.153. The molecule has 0 aromatic carbocycles. The average molecular weight is 515 g/mol. The Balaban J connectivity index is 1.49. The number of likely N-dealkylation sites (tertiary alicyclic amines) is 2. The molecule has 4 N–H and O–H groups in total. The van der Waals surface area contributed by atoms with Crippen molar-refractivity contribution in [3.05, 3.63) is 0 Å². The van der Waals surface area contributed by atoms with Gasteiger partial charge in [0.1, 0.15) is 25.3 Å². The number of hydrogen-bond acceptors (Lipinski definition) is 8. The molecule has 0 unspecified atom stereocenters. The first kappa shape index (κ1) is 26.7. The summed E-state index contributed by atoms with van der Waals surface area (Å²) in [6.45, 7) is -1.12. The normalized spacial score (nSPS) is 25.9. The van der Waals surface area contributed by atoms with Gasteiger partial charge in [0.25, 0.3) is 0 Å². The molecule has 1 saturated carbocycles. The van der Waals surface area contributed by atoms with Crippen LogP contribution in [0.5, 0.6) is 0 Å². The third-order valence-electron chi connectivity index (χ3n) is 6.20. The first-order valence-corrected chi connectivity index (χ1v) is 12.7. The maximum Gasteiger partial charge on any atom is 0.326 e. The summed E-state index contributed by atoms with van der Waals surface area (Å²) in [7, 11) is 0. The molecule has 2 saturated heterocycles. The molecule has 4 atom stereocenters. The molecule has 4 amide bonds. The summed E-state index contributed by atoms with van der Waals surface area (Å²) in [5.41, 5.74) is 0. The number of ether oxygens (including phenoxy) is 1. The van der Waals surface area contributed by atoms with Crippen molar-refractivity contribution in [1.82, 2.24) is 20.4 Å². The number of carbonyl (C=O) groups is 6. The monoisotopic (exact) mass is 514 g/mol. The van der Waals surface area contributed by atoms with E-state index in [0.717, 1.165) is 22.6 Å². The highest BCUT2D eigenvalue weighted by Gasteiger charge is 2.42. The zero-order valence-electron chi connectivity index (χ0n) is 19.3. The molecule has 0 aromatic rings. The van der Waals surface area contributed by atoms with E-state index in [-0.39, 0.29) is 49.4 Å². The SMILES string of the molecule is CSCC(=O)N[C@H]1C[C@@H](C(=O)O)N(C(=O)COCC(=O)N2C[C@@H](NC(=O)C3CC3)C[C@H]2C(=O)O)C1. The Labute approximate surface area is 205 Å². The Hall–Kier alpha value is -2.87. The van der Waals surface area contributed by atoms with Gasteiger partial charge in [0.05, 0.1) is 5.75 Å². The molecule has 0 aromatic heterocycles. The molecule has 3 rings (SSSR count). The molecular formula is C21H30N4O9S. The van der Waals surface area contributed by atoms with Gasteiger partial charge in [0.2, 0.25) is 23.6 Å². The fraction of sp³-hybridized carbons (Fsp3) is 0.714. The maximum atomic E-state index is 12.6. The highest BCUT2D eigenvalue weighted by atomic mass is 32.2. The van der Waals surface area contributed by atoms with E-state index in [1.807, 2.05) is 0 Å². The lowest BCUT2D eigenvalue weighted by Gasteiger charge is -2.23. The van der Waals surface area contributed by atoms with Gasteiger partial charge in [0.15, 0.2) is 0 Å². The van der Waals surface area contributed by atoms with E-state index < -0.39 is 61.1 Å². The summed E-state index contributed by atoms with van der Waals surface area (Å²) in [5, 5.41) is 24.4. The zero-order chi connectivity index (χ0) is 25.7. The lowest BCUT2D eigenvalue weighted by Crippen LogP contribution is -2.45. The number of nitrogens with one attached hydrogen (secondary N) is 2. The predicted molar refractivity (Wildman–Crippen MR) is 121 cm³/mol.